The van der Waals surface area contributed by atoms with Gasteiger partial charge in [-0.2, -0.15) is 0 Å². The van der Waals surface area contributed by atoms with E-state index in [1.165, 1.54) is 17.5 Å². The van der Waals surface area contributed by atoms with E-state index in [4.69, 9.17) is 11.6 Å². The minimum absolute atomic E-state index is 0.298. The van der Waals surface area contributed by atoms with Crippen LogP contribution in [-0.2, 0) is 6.42 Å². The smallest absolute Gasteiger partial charge is 0.276 e. The molecule has 0 saturated carbocycles. The molecular formula is C11H11ClN4OS. The Kier molecular flexibility index (Phi) is 4.22. The molecule has 0 spiro atoms. The lowest BCUT2D eigenvalue weighted by molar-refractivity contribution is 0.102. The Labute approximate surface area is 113 Å². The Bertz CT molecular complexity index is 540. The average Bonchev–Trinajstić information content (AvgIpc) is 2.78. The number of aromatic nitrogens is 3. The lowest BCUT2D eigenvalue weighted by Crippen LogP contribution is -2.13. The molecule has 0 aliphatic heterocycles. The second-order valence-electron chi connectivity index (χ2n) is 3.57. The van der Waals surface area contributed by atoms with E-state index in [9.17, 15) is 4.79 Å². The highest BCUT2D eigenvalue weighted by molar-refractivity contribution is 7.15. The van der Waals surface area contributed by atoms with Crippen LogP contribution >= 0.6 is 22.9 Å². The lowest BCUT2D eigenvalue weighted by atomic mass is 10.3. The summed E-state index contributed by atoms with van der Waals surface area (Å²) in [6.45, 7) is 2.07. The van der Waals surface area contributed by atoms with E-state index in [0.29, 0.717) is 15.8 Å². The van der Waals surface area contributed by atoms with E-state index in [1.54, 1.807) is 12.1 Å². The van der Waals surface area contributed by atoms with Gasteiger partial charge in [-0.1, -0.05) is 29.9 Å². The van der Waals surface area contributed by atoms with Gasteiger partial charge in [-0.05, 0) is 18.6 Å². The minimum atomic E-state index is -0.314. The molecule has 0 unspecified atom stereocenters. The fourth-order valence-electron chi connectivity index (χ4n) is 1.29. The van der Waals surface area contributed by atoms with Gasteiger partial charge in [0, 0.05) is 12.6 Å². The maximum Gasteiger partial charge on any atom is 0.276 e. The average molecular weight is 283 g/mol. The number of aryl methyl sites for hydroxylation is 1. The first-order valence-corrected chi connectivity index (χ1v) is 6.63. The van der Waals surface area contributed by atoms with Crippen LogP contribution in [0.25, 0.3) is 0 Å². The maximum atomic E-state index is 11.8. The number of amides is 1. The molecule has 2 heterocycles. The van der Waals surface area contributed by atoms with Gasteiger partial charge in [-0.15, -0.1) is 10.2 Å². The van der Waals surface area contributed by atoms with E-state index in [-0.39, 0.29) is 5.91 Å². The molecule has 2 aromatic rings. The third-order valence-electron chi connectivity index (χ3n) is 2.11. The van der Waals surface area contributed by atoms with E-state index in [2.05, 4.69) is 27.4 Å². The molecule has 1 N–H and O–H groups in total. The van der Waals surface area contributed by atoms with Gasteiger partial charge < -0.3 is 0 Å². The number of carbonyl (C=O) groups is 1. The molecule has 94 valence electrons. The molecule has 0 aliphatic rings. The van der Waals surface area contributed by atoms with Crippen molar-refractivity contribution < 1.29 is 4.79 Å². The number of pyridine rings is 1. The van der Waals surface area contributed by atoms with Crippen LogP contribution in [0.15, 0.2) is 18.3 Å². The number of nitrogens with one attached hydrogen (secondary N) is 1. The van der Waals surface area contributed by atoms with Crippen LogP contribution in [0, 0.1) is 0 Å². The molecule has 2 rings (SSSR count). The molecule has 0 aliphatic carbocycles. The number of anilines is 1. The first kappa shape index (κ1) is 12.9. The van der Waals surface area contributed by atoms with E-state index in [0.717, 1.165) is 17.8 Å². The predicted molar refractivity (Wildman–Crippen MR) is 71.1 cm³/mol. The molecule has 0 saturated heterocycles. The monoisotopic (exact) mass is 282 g/mol. The Morgan fingerprint density at radius 3 is 2.94 bits per heavy atom. The first-order valence-electron chi connectivity index (χ1n) is 5.44. The molecule has 5 nitrogen and oxygen atoms in total. The highest BCUT2D eigenvalue weighted by Gasteiger charge is 2.10. The molecule has 2 aromatic heterocycles. The Balaban J connectivity index is 2.04. The summed E-state index contributed by atoms with van der Waals surface area (Å²) in [7, 11) is 0. The van der Waals surface area contributed by atoms with Crippen LogP contribution < -0.4 is 5.32 Å². The van der Waals surface area contributed by atoms with Gasteiger partial charge in [0.25, 0.3) is 5.91 Å². The van der Waals surface area contributed by atoms with Crippen molar-refractivity contribution in [2.45, 2.75) is 19.8 Å². The zero-order chi connectivity index (χ0) is 13.0. The number of hydrogen-bond donors (Lipinski definition) is 1. The van der Waals surface area contributed by atoms with Gasteiger partial charge in [0.1, 0.15) is 10.7 Å². The van der Waals surface area contributed by atoms with Crippen molar-refractivity contribution in [1.82, 2.24) is 15.2 Å². The quantitative estimate of drug-likeness (QED) is 0.936. The fraction of sp³-hybridized carbons (Fsp3) is 0.273. The zero-order valence-corrected chi connectivity index (χ0v) is 11.3. The molecule has 18 heavy (non-hydrogen) atoms. The van der Waals surface area contributed by atoms with E-state index in [1.807, 2.05) is 0 Å². The summed E-state index contributed by atoms with van der Waals surface area (Å²) < 4.78 is 0. The van der Waals surface area contributed by atoms with Crippen LogP contribution in [0.5, 0.6) is 0 Å². The summed E-state index contributed by atoms with van der Waals surface area (Å²) in [5.74, 6) is -0.314. The van der Waals surface area contributed by atoms with Crippen LogP contribution in [0.3, 0.4) is 0 Å². The summed E-state index contributed by atoms with van der Waals surface area (Å²) >= 11 is 7.08. The number of carbonyl (C=O) groups excluding carboxylic acids is 1. The van der Waals surface area contributed by atoms with Crippen molar-refractivity contribution in [2.24, 2.45) is 0 Å². The van der Waals surface area contributed by atoms with Crippen molar-refractivity contribution in [3.63, 3.8) is 0 Å². The van der Waals surface area contributed by atoms with Gasteiger partial charge >= 0.3 is 0 Å². The van der Waals surface area contributed by atoms with Crippen LogP contribution in [0.4, 0.5) is 5.13 Å². The van der Waals surface area contributed by atoms with Crippen LogP contribution in [0.1, 0.15) is 28.8 Å². The summed E-state index contributed by atoms with van der Waals surface area (Å²) in [5, 5.41) is 12.4. The Morgan fingerprint density at radius 1 is 1.44 bits per heavy atom. The van der Waals surface area contributed by atoms with Gasteiger partial charge in [0.2, 0.25) is 5.13 Å². The number of hydrogen-bond acceptors (Lipinski definition) is 5. The number of halogens is 1. The Hall–Kier alpha value is -1.53. The van der Waals surface area contributed by atoms with E-state index < -0.39 is 0 Å². The van der Waals surface area contributed by atoms with Crippen LogP contribution in [0.2, 0.25) is 5.02 Å². The molecule has 0 atom stereocenters. The van der Waals surface area contributed by atoms with Gasteiger partial charge in [-0.3, -0.25) is 10.1 Å². The topological polar surface area (TPSA) is 67.8 Å². The van der Waals surface area contributed by atoms with Gasteiger partial charge in [0.15, 0.2) is 0 Å². The van der Waals surface area contributed by atoms with Crippen molar-refractivity contribution in [2.75, 3.05) is 5.32 Å². The highest BCUT2D eigenvalue weighted by atomic mass is 35.5. The maximum absolute atomic E-state index is 11.8. The molecule has 0 aromatic carbocycles. The van der Waals surface area contributed by atoms with Gasteiger partial charge in [-0.25, -0.2) is 4.98 Å². The standard InChI is InChI=1S/C11H11ClN4OS/c1-2-3-9-15-16-11(18-9)14-10(17)8-5-4-7(12)6-13-8/h4-6H,2-3H2,1H3,(H,14,16,17). The summed E-state index contributed by atoms with van der Waals surface area (Å²) in [6.07, 6.45) is 3.30. The second-order valence-corrected chi connectivity index (χ2v) is 5.07. The normalized spacial score (nSPS) is 10.3. The minimum Gasteiger partial charge on any atom is -0.295 e. The first-order chi connectivity index (χ1) is 8.69. The second kappa shape index (κ2) is 5.88. The zero-order valence-electron chi connectivity index (χ0n) is 9.68. The number of rotatable bonds is 4. The summed E-state index contributed by atoms with van der Waals surface area (Å²) in [4.78, 5) is 15.7. The van der Waals surface area contributed by atoms with Crippen molar-refractivity contribution in [1.29, 1.82) is 0 Å². The SMILES string of the molecule is CCCc1nnc(NC(=O)c2ccc(Cl)cn2)s1. The predicted octanol–water partition coefficient (Wildman–Crippen LogP) is 2.79. The van der Waals surface area contributed by atoms with Crippen molar-refractivity contribution in [3.8, 4) is 0 Å². The van der Waals surface area contributed by atoms with Crippen molar-refractivity contribution >= 4 is 34.0 Å². The summed E-state index contributed by atoms with van der Waals surface area (Å²) in [5.41, 5.74) is 0.298. The third-order valence-corrected chi connectivity index (χ3v) is 3.23. The molecule has 7 heteroatoms. The lowest BCUT2D eigenvalue weighted by Gasteiger charge is -1.99. The molecule has 0 fully saturated rings. The largest absolute Gasteiger partial charge is 0.295 e. The van der Waals surface area contributed by atoms with E-state index >= 15 is 0 Å². The summed E-state index contributed by atoms with van der Waals surface area (Å²) in [6, 6.07) is 3.18. The van der Waals surface area contributed by atoms with Crippen molar-refractivity contribution in [3.05, 3.63) is 34.1 Å². The third kappa shape index (κ3) is 3.24. The highest BCUT2D eigenvalue weighted by Crippen LogP contribution is 2.17. The molecule has 0 bridgehead atoms. The van der Waals surface area contributed by atoms with Crippen LogP contribution in [-0.4, -0.2) is 21.1 Å². The molecular weight excluding hydrogens is 272 g/mol. The van der Waals surface area contributed by atoms with Gasteiger partial charge in [0.05, 0.1) is 5.02 Å². The number of nitrogens with zero attached hydrogens (tertiary/aromatic N) is 3. The molecule has 1 amide bonds. The molecule has 0 radical (unpaired) electrons. The Morgan fingerprint density at radius 2 is 2.28 bits per heavy atom. The fourth-order valence-corrected chi connectivity index (χ4v) is 2.24.